The van der Waals surface area contributed by atoms with Crippen LogP contribution in [0.15, 0.2) is 54.7 Å². The van der Waals surface area contributed by atoms with Crippen molar-refractivity contribution in [1.29, 1.82) is 0 Å². The zero-order valence-electron chi connectivity index (χ0n) is 18.5. The third-order valence-corrected chi connectivity index (χ3v) is 6.43. The van der Waals surface area contributed by atoms with E-state index in [2.05, 4.69) is 46.5 Å². The largest absolute Gasteiger partial charge is 0.378 e. The van der Waals surface area contributed by atoms with Crippen molar-refractivity contribution in [2.75, 3.05) is 43.6 Å². The summed E-state index contributed by atoms with van der Waals surface area (Å²) < 4.78 is 5.34. The number of nitrogens with one attached hydrogen (secondary N) is 1. The molecule has 0 radical (unpaired) electrons. The van der Waals surface area contributed by atoms with E-state index in [-0.39, 0.29) is 5.91 Å². The molecule has 1 aromatic carbocycles. The molecule has 5 rings (SSSR count). The van der Waals surface area contributed by atoms with Crippen LogP contribution in [0.25, 0.3) is 10.3 Å². The summed E-state index contributed by atoms with van der Waals surface area (Å²) in [5, 5.41) is 3.90. The molecule has 1 saturated heterocycles. The van der Waals surface area contributed by atoms with Gasteiger partial charge in [-0.3, -0.25) is 4.79 Å². The molecular weight excluding hydrogens is 436 g/mol. The SMILES string of the molecule is Cc1ccc(N(C)c2ccc3nc(Nc4cc(C(=O)N5CCOCC5)ccn4)sc3n2)cc1. The number of morpholine rings is 1. The van der Waals surface area contributed by atoms with Crippen LogP contribution >= 0.6 is 11.3 Å². The van der Waals surface area contributed by atoms with Crippen molar-refractivity contribution in [3.63, 3.8) is 0 Å². The second-order valence-electron chi connectivity index (χ2n) is 7.87. The van der Waals surface area contributed by atoms with E-state index in [0.29, 0.717) is 42.8 Å². The van der Waals surface area contributed by atoms with Gasteiger partial charge in [0, 0.05) is 37.6 Å². The predicted octanol–water partition coefficient (Wildman–Crippen LogP) is 4.38. The lowest BCUT2D eigenvalue weighted by Crippen LogP contribution is -2.40. The monoisotopic (exact) mass is 460 g/mol. The first-order valence-corrected chi connectivity index (χ1v) is 11.6. The Hall–Kier alpha value is -3.56. The van der Waals surface area contributed by atoms with Gasteiger partial charge in [-0.05, 0) is 43.3 Å². The minimum atomic E-state index is -0.0153. The molecule has 168 valence electrons. The number of ether oxygens (including phenoxy) is 1. The van der Waals surface area contributed by atoms with Gasteiger partial charge in [0.1, 0.15) is 22.0 Å². The van der Waals surface area contributed by atoms with E-state index in [1.807, 2.05) is 24.1 Å². The number of anilines is 4. The van der Waals surface area contributed by atoms with E-state index >= 15 is 0 Å². The maximum atomic E-state index is 12.8. The van der Waals surface area contributed by atoms with Gasteiger partial charge in [0.2, 0.25) is 0 Å². The van der Waals surface area contributed by atoms with Crippen molar-refractivity contribution in [2.24, 2.45) is 0 Å². The lowest BCUT2D eigenvalue weighted by molar-refractivity contribution is 0.0303. The highest BCUT2D eigenvalue weighted by Gasteiger charge is 2.19. The Morgan fingerprint density at radius 3 is 2.67 bits per heavy atom. The number of hydrogen-bond donors (Lipinski definition) is 1. The topological polar surface area (TPSA) is 83.5 Å². The van der Waals surface area contributed by atoms with E-state index in [0.717, 1.165) is 21.9 Å². The first-order valence-electron chi connectivity index (χ1n) is 10.7. The van der Waals surface area contributed by atoms with Crippen LogP contribution in [0.3, 0.4) is 0 Å². The summed E-state index contributed by atoms with van der Waals surface area (Å²) in [6, 6.07) is 15.8. The van der Waals surface area contributed by atoms with Gasteiger partial charge in [-0.25, -0.2) is 15.0 Å². The third kappa shape index (κ3) is 4.64. The smallest absolute Gasteiger partial charge is 0.254 e. The van der Waals surface area contributed by atoms with Crippen molar-refractivity contribution in [2.45, 2.75) is 6.92 Å². The second-order valence-corrected chi connectivity index (χ2v) is 8.84. The van der Waals surface area contributed by atoms with Crippen LogP contribution in [-0.2, 0) is 4.74 Å². The summed E-state index contributed by atoms with van der Waals surface area (Å²) in [6.07, 6.45) is 1.64. The van der Waals surface area contributed by atoms with Gasteiger partial charge in [-0.1, -0.05) is 29.0 Å². The zero-order valence-corrected chi connectivity index (χ0v) is 19.3. The second kappa shape index (κ2) is 9.13. The Labute approximate surface area is 195 Å². The normalized spacial score (nSPS) is 13.8. The molecule has 0 aliphatic carbocycles. The third-order valence-electron chi connectivity index (χ3n) is 5.55. The van der Waals surface area contributed by atoms with Gasteiger partial charge in [-0.2, -0.15) is 0 Å². The summed E-state index contributed by atoms with van der Waals surface area (Å²) in [7, 11) is 2.00. The molecule has 1 amide bonds. The summed E-state index contributed by atoms with van der Waals surface area (Å²) in [6.45, 7) is 4.42. The lowest BCUT2D eigenvalue weighted by atomic mass is 10.2. The molecule has 33 heavy (non-hydrogen) atoms. The Bertz CT molecular complexity index is 1280. The van der Waals surface area contributed by atoms with Gasteiger partial charge in [0.05, 0.1) is 13.2 Å². The maximum Gasteiger partial charge on any atom is 0.254 e. The number of amides is 1. The fourth-order valence-corrected chi connectivity index (χ4v) is 4.48. The minimum Gasteiger partial charge on any atom is -0.378 e. The summed E-state index contributed by atoms with van der Waals surface area (Å²) in [4.78, 5) is 31.2. The Morgan fingerprint density at radius 2 is 1.88 bits per heavy atom. The maximum absolute atomic E-state index is 12.8. The van der Waals surface area contributed by atoms with Gasteiger partial charge >= 0.3 is 0 Å². The molecule has 1 fully saturated rings. The fourth-order valence-electron chi connectivity index (χ4n) is 3.64. The highest BCUT2D eigenvalue weighted by Crippen LogP contribution is 2.30. The van der Waals surface area contributed by atoms with Crippen LogP contribution < -0.4 is 10.2 Å². The molecule has 0 bridgehead atoms. The van der Waals surface area contributed by atoms with Gasteiger partial charge in [0.15, 0.2) is 5.13 Å². The van der Waals surface area contributed by atoms with Crippen LogP contribution in [0.2, 0.25) is 0 Å². The minimum absolute atomic E-state index is 0.0153. The van der Waals surface area contributed by atoms with Gasteiger partial charge < -0.3 is 19.9 Å². The zero-order chi connectivity index (χ0) is 22.8. The number of nitrogens with zero attached hydrogens (tertiary/aromatic N) is 5. The molecule has 0 atom stereocenters. The fraction of sp³-hybridized carbons (Fsp3) is 0.250. The number of aromatic nitrogens is 3. The molecule has 4 heterocycles. The number of hydrogen-bond acceptors (Lipinski definition) is 8. The van der Waals surface area contributed by atoms with E-state index in [1.54, 1.807) is 23.2 Å². The van der Waals surface area contributed by atoms with Crippen LogP contribution in [0.5, 0.6) is 0 Å². The van der Waals surface area contributed by atoms with Crippen molar-refractivity contribution < 1.29 is 9.53 Å². The number of benzene rings is 1. The van der Waals surface area contributed by atoms with Crippen LogP contribution in [0, 0.1) is 6.92 Å². The van der Waals surface area contributed by atoms with E-state index < -0.39 is 0 Å². The summed E-state index contributed by atoms with van der Waals surface area (Å²) >= 11 is 1.45. The molecule has 1 N–H and O–H groups in total. The number of aryl methyl sites for hydroxylation is 1. The molecule has 0 saturated carbocycles. The average Bonchev–Trinajstić information content (AvgIpc) is 3.25. The highest BCUT2D eigenvalue weighted by atomic mass is 32.1. The number of carbonyl (C=O) groups is 1. The molecule has 4 aromatic rings. The standard InChI is InChI=1S/C24H24N6O2S/c1-16-3-5-18(6-4-16)29(2)21-8-7-19-22(28-21)33-24(26-19)27-20-15-17(9-10-25-20)23(31)30-11-13-32-14-12-30/h3-10,15H,11-14H2,1-2H3,(H,25,26,27). The van der Waals surface area contributed by atoms with Crippen molar-refractivity contribution in [3.05, 3.63) is 65.9 Å². The Morgan fingerprint density at radius 1 is 1.09 bits per heavy atom. The van der Waals surface area contributed by atoms with E-state index in [1.165, 1.54) is 16.9 Å². The Kier molecular flexibility index (Phi) is 5.89. The number of pyridine rings is 2. The first-order chi connectivity index (χ1) is 16.1. The van der Waals surface area contributed by atoms with Crippen molar-refractivity contribution in [3.8, 4) is 0 Å². The number of thiazole rings is 1. The van der Waals surface area contributed by atoms with Crippen LogP contribution in [0.1, 0.15) is 15.9 Å². The van der Waals surface area contributed by atoms with Crippen molar-refractivity contribution in [1.82, 2.24) is 19.9 Å². The van der Waals surface area contributed by atoms with Crippen LogP contribution in [0.4, 0.5) is 22.5 Å². The number of fused-ring (bicyclic) bond motifs is 1. The van der Waals surface area contributed by atoms with Crippen LogP contribution in [-0.4, -0.2) is 59.1 Å². The molecule has 0 spiro atoms. The van der Waals surface area contributed by atoms with Gasteiger partial charge in [0.25, 0.3) is 5.91 Å². The Balaban J connectivity index is 1.34. The molecule has 3 aromatic heterocycles. The molecule has 1 aliphatic heterocycles. The average molecular weight is 461 g/mol. The number of carbonyl (C=O) groups excluding carboxylic acids is 1. The van der Waals surface area contributed by atoms with Gasteiger partial charge in [-0.15, -0.1) is 0 Å². The molecule has 0 unspecified atom stereocenters. The van der Waals surface area contributed by atoms with Crippen molar-refractivity contribution >= 4 is 50.0 Å². The summed E-state index contributed by atoms with van der Waals surface area (Å²) in [5.41, 5.74) is 3.69. The molecule has 1 aliphatic rings. The predicted molar refractivity (Wildman–Crippen MR) is 131 cm³/mol. The number of rotatable bonds is 5. The lowest BCUT2D eigenvalue weighted by Gasteiger charge is -2.26. The summed E-state index contributed by atoms with van der Waals surface area (Å²) in [5.74, 6) is 1.40. The molecule has 9 heteroatoms. The van der Waals surface area contributed by atoms with E-state index in [4.69, 9.17) is 9.72 Å². The first kappa shape index (κ1) is 21.3. The quantitative estimate of drug-likeness (QED) is 0.473. The van der Waals surface area contributed by atoms with E-state index in [9.17, 15) is 4.79 Å². The molecule has 8 nitrogen and oxygen atoms in total. The highest BCUT2D eigenvalue weighted by molar-refractivity contribution is 7.21. The molecular formula is C24H24N6O2S.